The molecule has 0 N–H and O–H groups in total. The normalized spacial score (nSPS) is 11.5. The molecule has 0 saturated carbocycles. The zero-order valence-corrected chi connectivity index (χ0v) is 16.7. The lowest BCUT2D eigenvalue weighted by Gasteiger charge is -2.07. The molecule has 0 spiro atoms. The molecule has 0 aliphatic heterocycles. The first kappa shape index (κ1) is 19.7. The molecule has 0 radical (unpaired) electrons. The van der Waals surface area contributed by atoms with Crippen LogP contribution in [0.2, 0.25) is 0 Å². The van der Waals surface area contributed by atoms with E-state index in [9.17, 15) is 4.79 Å². The lowest BCUT2D eigenvalue weighted by atomic mass is 10.1. The van der Waals surface area contributed by atoms with Crippen molar-refractivity contribution in [1.82, 2.24) is 0 Å². The molecular formula is C25H26O3. The van der Waals surface area contributed by atoms with Crippen molar-refractivity contribution < 1.29 is 9.15 Å². The monoisotopic (exact) mass is 374 g/mol. The maximum Gasteiger partial charge on any atom is 0.344 e. The van der Waals surface area contributed by atoms with Crippen LogP contribution in [0.4, 0.5) is 0 Å². The van der Waals surface area contributed by atoms with E-state index in [0.29, 0.717) is 17.8 Å². The van der Waals surface area contributed by atoms with Crippen LogP contribution < -0.4 is 10.4 Å². The second-order valence-electron chi connectivity index (χ2n) is 7.19. The summed E-state index contributed by atoms with van der Waals surface area (Å²) in [6.45, 7) is 6.89. The van der Waals surface area contributed by atoms with Gasteiger partial charge in [-0.2, -0.15) is 0 Å². The largest absolute Gasteiger partial charge is 0.490 e. The van der Waals surface area contributed by atoms with E-state index in [2.05, 4.69) is 32.9 Å². The van der Waals surface area contributed by atoms with Crippen molar-refractivity contribution in [2.75, 3.05) is 6.61 Å². The van der Waals surface area contributed by atoms with Gasteiger partial charge in [0.15, 0.2) is 0 Å². The van der Waals surface area contributed by atoms with Crippen LogP contribution in [0.3, 0.4) is 0 Å². The molecule has 0 aliphatic carbocycles. The van der Waals surface area contributed by atoms with Gasteiger partial charge in [0.2, 0.25) is 0 Å². The molecule has 28 heavy (non-hydrogen) atoms. The molecule has 0 aliphatic rings. The van der Waals surface area contributed by atoms with Gasteiger partial charge in [-0.3, -0.25) is 0 Å². The van der Waals surface area contributed by atoms with Crippen molar-refractivity contribution in [2.45, 2.75) is 33.6 Å². The standard InChI is InChI=1S/C25H26O3/c1-18(2)8-7-9-19(3)14-15-27-22-12-13-24-21(16-22)17-23(25(26)28-24)20-10-5-4-6-11-20/h4-6,8,10-14,16-17H,7,9,15H2,1-3H3. The summed E-state index contributed by atoms with van der Waals surface area (Å²) in [5, 5.41) is 0.847. The lowest BCUT2D eigenvalue weighted by molar-refractivity contribution is 0.362. The highest BCUT2D eigenvalue weighted by atomic mass is 16.5. The third-order valence-corrected chi connectivity index (χ3v) is 4.56. The SMILES string of the molecule is CC(C)=CCCC(C)=CCOc1ccc2oc(=O)c(-c3ccccc3)cc2c1. The van der Waals surface area contributed by atoms with Crippen molar-refractivity contribution in [3.8, 4) is 16.9 Å². The number of ether oxygens (including phenoxy) is 1. The number of rotatable bonds is 7. The van der Waals surface area contributed by atoms with E-state index in [1.807, 2.05) is 48.5 Å². The fourth-order valence-corrected chi connectivity index (χ4v) is 2.98. The molecule has 3 nitrogen and oxygen atoms in total. The van der Waals surface area contributed by atoms with Gasteiger partial charge in [0.25, 0.3) is 0 Å². The number of benzene rings is 2. The Morgan fingerprint density at radius 3 is 2.54 bits per heavy atom. The number of hydrogen-bond acceptors (Lipinski definition) is 3. The third-order valence-electron chi connectivity index (χ3n) is 4.56. The Labute approximate surface area is 166 Å². The molecule has 3 rings (SSSR count). The van der Waals surface area contributed by atoms with Crippen molar-refractivity contribution in [3.63, 3.8) is 0 Å². The summed E-state index contributed by atoms with van der Waals surface area (Å²) in [5.74, 6) is 0.758. The zero-order valence-electron chi connectivity index (χ0n) is 16.7. The van der Waals surface area contributed by atoms with Crippen LogP contribution in [-0.2, 0) is 0 Å². The number of hydrogen-bond donors (Lipinski definition) is 0. The minimum Gasteiger partial charge on any atom is -0.490 e. The lowest BCUT2D eigenvalue weighted by Crippen LogP contribution is -2.02. The Balaban J connectivity index is 1.74. The minimum absolute atomic E-state index is 0.331. The molecule has 0 unspecified atom stereocenters. The van der Waals surface area contributed by atoms with E-state index in [4.69, 9.17) is 9.15 Å². The molecule has 0 atom stereocenters. The molecule has 1 aromatic heterocycles. The van der Waals surface area contributed by atoms with E-state index in [1.165, 1.54) is 11.1 Å². The quantitative estimate of drug-likeness (QED) is 0.348. The Morgan fingerprint density at radius 1 is 1.00 bits per heavy atom. The molecule has 2 aromatic carbocycles. The first-order chi connectivity index (χ1) is 13.5. The number of fused-ring (bicyclic) bond motifs is 1. The first-order valence-electron chi connectivity index (χ1n) is 9.58. The average Bonchev–Trinajstić information content (AvgIpc) is 2.68. The average molecular weight is 374 g/mol. The Bertz CT molecular complexity index is 1050. The molecule has 144 valence electrons. The first-order valence-corrected chi connectivity index (χ1v) is 9.58. The maximum atomic E-state index is 12.3. The summed E-state index contributed by atoms with van der Waals surface area (Å²) < 4.78 is 11.4. The molecule has 3 aromatic rings. The maximum absolute atomic E-state index is 12.3. The molecule has 3 heteroatoms. The van der Waals surface area contributed by atoms with Gasteiger partial charge in [-0.15, -0.1) is 0 Å². The van der Waals surface area contributed by atoms with Gasteiger partial charge in [-0.1, -0.05) is 47.6 Å². The van der Waals surface area contributed by atoms with Crippen LogP contribution in [0.1, 0.15) is 33.6 Å². The minimum atomic E-state index is -0.331. The van der Waals surface area contributed by atoms with E-state index in [1.54, 1.807) is 6.07 Å². The fraction of sp³-hybridized carbons (Fsp3) is 0.240. The van der Waals surface area contributed by atoms with E-state index in [0.717, 1.165) is 29.5 Å². The zero-order chi connectivity index (χ0) is 19.9. The van der Waals surface area contributed by atoms with Gasteiger partial charge in [-0.25, -0.2) is 4.79 Å². The molecule has 0 fully saturated rings. The van der Waals surface area contributed by atoms with Crippen LogP contribution in [0.5, 0.6) is 5.75 Å². The van der Waals surface area contributed by atoms with Gasteiger partial charge >= 0.3 is 5.63 Å². The van der Waals surface area contributed by atoms with Crippen molar-refractivity contribution in [3.05, 3.63) is 88.3 Å². The highest BCUT2D eigenvalue weighted by molar-refractivity contribution is 5.82. The summed E-state index contributed by atoms with van der Waals surface area (Å²) in [4.78, 5) is 12.3. The highest BCUT2D eigenvalue weighted by Gasteiger charge is 2.08. The van der Waals surface area contributed by atoms with Gasteiger partial charge < -0.3 is 9.15 Å². The van der Waals surface area contributed by atoms with Crippen molar-refractivity contribution >= 4 is 11.0 Å². The second-order valence-corrected chi connectivity index (χ2v) is 7.19. The van der Waals surface area contributed by atoms with Gasteiger partial charge in [0, 0.05) is 5.39 Å². The summed E-state index contributed by atoms with van der Waals surface area (Å²) in [6.07, 6.45) is 6.46. The Hall–Kier alpha value is -3.07. The van der Waals surface area contributed by atoms with Crippen LogP contribution in [-0.4, -0.2) is 6.61 Å². The molecule has 1 heterocycles. The molecule has 0 saturated heterocycles. The summed E-state index contributed by atoms with van der Waals surface area (Å²) in [5.41, 5.74) is 4.30. The van der Waals surface area contributed by atoms with Gasteiger partial charge in [0.1, 0.15) is 17.9 Å². The summed E-state index contributed by atoms with van der Waals surface area (Å²) in [6, 6.07) is 16.9. The van der Waals surface area contributed by atoms with Crippen LogP contribution in [0.25, 0.3) is 22.1 Å². The van der Waals surface area contributed by atoms with E-state index < -0.39 is 0 Å². The number of allylic oxidation sites excluding steroid dienone is 3. The van der Waals surface area contributed by atoms with Crippen molar-refractivity contribution in [2.24, 2.45) is 0 Å². The third kappa shape index (κ3) is 5.23. The Morgan fingerprint density at radius 2 is 1.79 bits per heavy atom. The Kier molecular flexibility index (Phi) is 6.49. The predicted molar refractivity (Wildman–Crippen MR) is 116 cm³/mol. The molecule has 0 amide bonds. The van der Waals surface area contributed by atoms with E-state index >= 15 is 0 Å². The van der Waals surface area contributed by atoms with Crippen molar-refractivity contribution in [1.29, 1.82) is 0 Å². The molecular weight excluding hydrogens is 348 g/mol. The van der Waals surface area contributed by atoms with Crippen LogP contribution >= 0.6 is 0 Å². The fourth-order valence-electron chi connectivity index (χ4n) is 2.98. The molecule has 0 bridgehead atoms. The topological polar surface area (TPSA) is 39.4 Å². The van der Waals surface area contributed by atoms with Crippen LogP contribution in [0, 0.1) is 0 Å². The van der Waals surface area contributed by atoms with Crippen LogP contribution in [0.15, 0.2) is 87.1 Å². The van der Waals surface area contributed by atoms with Gasteiger partial charge in [-0.05, 0) is 69.5 Å². The summed E-state index contributed by atoms with van der Waals surface area (Å²) in [7, 11) is 0. The van der Waals surface area contributed by atoms with Gasteiger partial charge in [0.05, 0.1) is 5.56 Å². The smallest absolute Gasteiger partial charge is 0.344 e. The second kappa shape index (κ2) is 9.23. The van der Waals surface area contributed by atoms with E-state index in [-0.39, 0.29) is 5.63 Å². The summed E-state index contributed by atoms with van der Waals surface area (Å²) >= 11 is 0. The highest BCUT2D eigenvalue weighted by Crippen LogP contribution is 2.24. The predicted octanol–water partition coefficient (Wildman–Crippen LogP) is 6.53.